The molecule has 2 N–H and O–H groups in total. The molecule has 0 bridgehead atoms. The zero-order chi connectivity index (χ0) is 17.3. The highest BCUT2D eigenvalue weighted by molar-refractivity contribution is 5.92. The van der Waals surface area contributed by atoms with Crippen molar-refractivity contribution < 1.29 is 14.3 Å². The van der Waals surface area contributed by atoms with Crippen LogP contribution in [0.4, 0.5) is 0 Å². The van der Waals surface area contributed by atoms with Crippen LogP contribution in [0.1, 0.15) is 42.4 Å². The van der Waals surface area contributed by atoms with E-state index in [1.165, 1.54) is 0 Å². The molecule has 2 aliphatic heterocycles. The number of aryl methyl sites for hydroxylation is 2. The molecular formula is C17H26N4O3. The average molecular weight is 334 g/mol. The molecule has 2 atom stereocenters. The second kappa shape index (κ2) is 6.93. The van der Waals surface area contributed by atoms with Crippen molar-refractivity contribution in [3.8, 4) is 0 Å². The zero-order valence-electron chi connectivity index (χ0n) is 14.4. The van der Waals surface area contributed by atoms with Crippen molar-refractivity contribution in [2.75, 3.05) is 19.7 Å². The standard InChI is InChI=1S/C17H26N4O3/c1-3-12-10-14(20(2)19-12)17(23)21-7-4-11(5-8-21)15-13(16(18)22)6-9-24-15/h10-11,13,15H,3-9H2,1-2H3,(H2,18,22)/t13-,15+/m0/s1. The third-order valence-corrected chi connectivity index (χ3v) is 5.30. The van der Waals surface area contributed by atoms with E-state index in [0.29, 0.717) is 37.7 Å². The van der Waals surface area contributed by atoms with Crippen molar-refractivity contribution in [2.24, 2.45) is 24.6 Å². The van der Waals surface area contributed by atoms with E-state index in [1.807, 2.05) is 24.9 Å². The zero-order valence-corrected chi connectivity index (χ0v) is 14.4. The van der Waals surface area contributed by atoms with Gasteiger partial charge in [0.15, 0.2) is 0 Å². The predicted molar refractivity (Wildman–Crippen MR) is 88.3 cm³/mol. The molecule has 0 radical (unpaired) electrons. The number of nitrogens with zero attached hydrogens (tertiary/aromatic N) is 3. The van der Waals surface area contributed by atoms with Crippen LogP contribution < -0.4 is 5.73 Å². The smallest absolute Gasteiger partial charge is 0.272 e. The molecule has 3 heterocycles. The van der Waals surface area contributed by atoms with Crippen LogP contribution in [0.15, 0.2) is 6.07 Å². The largest absolute Gasteiger partial charge is 0.377 e. The fraction of sp³-hybridized carbons (Fsp3) is 0.706. The van der Waals surface area contributed by atoms with E-state index in [1.54, 1.807) is 4.68 Å². The van der Waals surface area contributed by atoms with Gasteiger partial charge in [0, 0.05) is 26.7 Å². The molecule has 0 spiro atoms. The molecule has 7 heteroatoms. The number of carbonyl (C=O) groups excluding carboxylic acids is 2. The summed E-state index contributed by atoms with van der Waals surface area (Å²) in [4.78, 5) is 26.1. The molecule has 2 fully saturated rings. The van der Waals surface area contributed by atoms with Gasteiger partial charge in [-0.2, -0.15) is 5.10 Å². The fourth-order valence-electron chi connectivity index (χ4n) is 3.87. The van der Waals surface area contributed by atoms with Gasteiger partial charge in [0.05, 0.1) is 17.7 Å². The molecule has 2 aliphatic rings. The Balaban J connectivity index is 1.61. The van der Waals surface area contributed by atoms with Crippen molar-refractivity contribution in [1.29, 1.82) is 0 Å². The van der Waals surface area contributed by atoms with Crippen molar-refractivity contribution >= 4 is 11.8 Å². The highest BCUT2D eigenvalue weighted by Crippen LogP contribution is 2.33. The summed E-state index contributed by atoms with van der Waals surface area (Å²) in [6.07, 6.45) is 3.14. The van der Waals surface area contributed by atoms with E-state index >= 15 is 0 Å². The summed E-state index contributed by atoms with van der Waals surface area (Å²) in [6.45, 7) is 3.99. The first-order valence-electron chi connectivity index (χ1n) is 8.74. The van der Waals surface area contributed by atoms with Crippen molar-refractivity contribution in [2.45, 2.75) is 38.7 Å². The lowest BCUT2D eigenvalue weighted by Crippen LogP contribution is -2.44. The minimum absolute atomic E-state index is 0.0296. The summed E-state index contributed by atoms with van der Waals surface area (Å²) in [6, 6.07) is 1.87. The number of hydrogen-bond acceptors (Lipinski definition) is 4. The van der Waals surface area contributed by atoms with Crippen LogP contribution in [0, 0.1) is 11.8 Å². The van der Waals surface area contributed by atoms with E-state index < -0.39 is 0 Å². The Hall–Kier alpha value is -1.89. The maximum absolute atomic E-state index is 12.7. The molecule has 1 aromatic heterocycles. The second-order valence-electron chi connectivity index (χ2n) is 6.76. The van der Waals surface area contributed by atoms with E-state index in [-0.39, 0.29) is 23.8 Å². The fourth-order valence-corrected chi connectivity index (χ4v) is 3.87. The third-order valence-electron chi connectivity index (χ3n) is 5.30. The number of ether oxygens (including phenoxy) is 1. The molecule has 24 heavy (non-hydrogen) atoms. The number of primary amides is 1. The molecule has 0 unspecified atom stereocenters. The van der Waals surface area contributed by atoms with E-state index in [4.69, 9.17) is 10.5 Å². The quantitative estimate of drug-likeness (QED) is 0.879. The summed E-state index contributed by atoms with van der Waals surface area (Å²) in [5.74, 6) is -0.117. The Morgan fingerprint density at radius 1 is 1.33 bits per heavy atom. The van der Waals surface area contributed by atoms with Gasteiger partial charge in [-0.1, -0.05) is 6.92 Å². The van der Waals surface area contributed by atoms with Gasteiger partial charge in [0.1, 0.15) is 5.69 Å². The molecular weight excluding hydrogens is 308 g/mol. The van der Waals surface area contributed by atoms with E-state index in [0.717, 1.165) is 25.0 Å². The van der Waals surface area contributed by atoms with Crippen LogP contribution >= 0.6 is 0 Å². The molecule has 2 saturated heterocycles. The molecule has 132 valence electrons. The molecule has 7 nitrogen and oxygen atoms in total. The Morgan fingerprint density at radius 3 is 2.62 bits per heavy atom. The second-order valence-corrected chi connectivity index (χ2v) is 6.76. The van der Waals surface area contributed by atoms with Gasteiger partial charge >= 0.3 is 0 Å². The van der Waals surface area contributed by atoms with Crippen LogP contribution in [0.2, 0.25) is 0 Å². The van der Waals surface area contributed by atoms with E-state index in [9.17, 15) is 9.59 Å². The number of rotatable bonds is 4. The monoisotopic (exact) mass is 334 g/mol. The lowest BCUT2D eigenvalue weighted by atomic mass is 9.84. The highest BCUT2D eigenvalue weighted by atomic mass is 16.5. The lowest BCUT2D eigenvalue weighted by molar-refractivity contribution is -0.124. The van der Waals surface area contributed by atoms with Crippen molar-refractivity contribution in [3.63, 3.8) is 0 Å². The van der Waals surface area contributed by atoms with Crippen LogP contribution in [0.25, 0.3) is 0 Å². The average Bonchev–Trinajstić information content (AvgIpc) is 3.21. The summed E-state index contributed by atoms with van der Waals surface area (Å²) in [5.41, 5.74) is 7.05. The van der Waals surface area contributed by atoms with Crippen LogP contribution in [0.3, 0.4) is 0 Å². The number of nitrogens with two attached hydrogens (primary N) is 1. The first kappa shape index (κ1) is 17.0. The van der Waals surface area contributed by atoms with Crippen LogP contribution in [0.5, 0.6) is 0 Å². The van der Waals surface area contributed by atoms with Gasteiger partial charge < -0.3 is 15.4 Å². The van der Waals surface area contributed by atoms with Gasteiger partial charge in [0.2, 0.25) is 5.91 Å². The van der Waals surface area contributed by atoms with Gasteiger partial charge in [-0.15, -0.1) is 0 Å². The number of piperidine rings is 1. The molecule has 1 aromatic rings. The first-order chi connectivity index (χ1) is 11.5. The molecule has 0 aromatic carbocycles. The summed E-state index contributed by atoms with van der Waals surface area (Å²) in [7, 11) is 1.81. The molecule has 2 amide bonds. The Kier molecular flexibility index (Phi) is 4.89. The number of amides is 2. The van der Waals surface area contributed by atoms with Gasteiger partial charge in [-0.25, -0.2) is 0 Å². The van der Waals surface area contributed by atoms with Gasteiger partial charge in [0.25, 0.3) is 5.91 Å². The maximum Gasteiger partial charge on any atom is 0.272 e. The topological polar surface area (TPSA) is 90.5 Å². The Morgan fingerprint density at radius 2 is 2.04 bits per heavy atom. The normalized spacial score (nSPS) is 25.2. The summed E-state index contributed by atoms with van der Waals surface area (Å²) < 4.78 is 7.43. The molecule has 3 rings (SSSR count). The molecule has 0 aliphatic carbocycles. The van der Waals surface area contributed by atoms with E-state index in [2.05, 4.69) is 5.10 Å². The Labute approximate surface area is 142 Å². The lowest BCUT2D eigenvalue weighted by Gasteiger charge is -2.35. The number of likely N-dealkylation sites (tertiary alicyclic amines) is 1. The minimum Gasteiger partial charge on any atom is -0.377 e. The SMILES string of the molecule is CCc1cc(C(=O)N2CCC([C@H]3OCC[C@@H]3C(N)=O)CC2)n(C)n1. The summed E-state index contributed by atoms with van der Waals surface area (Å²) >= 11 is 0. The van der Waals surface area contributed by atoms with Crippen molar-refractivity contribution in [3.05, 3.63) is 17.5 Å². The number of aromatic nitrogens is 2. The predicted octanol–water partition coefficient (Wildman–Crippen LogP) is 0.725. The number of carbonyl (C=O) groups is 2. The van der Waals surface area contributed by atoms with Gasteiger partial charge in [-0.05, 0) is 37.7 Å². The highest BCUT2D eigenvalue weighted by Gasteiger charge is 2.40. The minimum atomic E-state index is -0.266. The van der Waals surface area contributed by atoms with Crippen LogP contribution in [-0.2, 0) is 23.0 Å². The number of hydrogen-bond donors (Lipinski definition) is 1. The van der Waals surface area contributed by atoms with Crippen LogP contribution in [-0.4, -0.2) is 52.3 Å². The summed E-state index contributed by atoms with van der Waals surface area (Å²) in [5, 5.41) is 4.35. The maximum atomic E-state index is 12.7. The van der Waals surface area contributed by atoms with Crippen molar-refractivity contribution in [1.82, 2.24) is 14.7 Å². The van der Waals surface area contributed by atoms with Gasteiger partial charge in [-0.3, -0.25) is 14.3 Å². The Bertz CT molecular complexity index is 619. The first-order valence-corrected chi connectivity index (χ1v) is 8.74. The molecule has 0 saturated carbocycles. The third kappa shape index (κ3) is 3.17.